The molecule has 0 radical (unpaired) electrons. The van der Waals surface area contributed by atoms with Gasteiger partial charge in [0.1, 0.15) is 11.9 Å². The molecule has 0 aliphatic rings. The number of hydrogen-bond acceptors (Lipinski definition) is 5. The van der Waals surface area contributed by atoms with E-state index in [1.54, 1.807) is 20.8 Å². The number of carbonyl (C=O) groups excluding carboxylic acids is 2. The van der Waals surface area contributed by atoms with Gasteiger partial charge in [-0.25, -0.2) is 9.59 Å². The van der Waals surface area contributed by atoms with Crippen molar-refractivity contribution in [2.24, 2.45) is 0 Å². The van der Waals surface area contributed by atoms with Gasteiger partial charge in [-0.2, -0.15) is 0 Å². The first-order valence-electron chi connectivity index (χ1n) is 7.19. The van der Waals surface area contributed by atoms with Crippen LogP contribution in [-0.2, 0) is 20.7 Å². The predicted octanol–water partition coefficient (Wildman–Crippen LogP) is 1.32. The first-order valence-corrected chi connectivity index (χ1v) is 7.19. The number of alkyl carbamates (subject to hydrolysis) is 1. The van der Waals surface area contributed by atoms with Crippen molar-refractivity contribution in [2.75, 3.05) is 0 Å². The fraction of sp³-hybridized carbons (Fsp3) is 0.438. The van der Waals surface area contributed by atoms with E-state index in [9.17, 15) is 19.5 Å². The fourth-order valence-corrected chi connectivity index (χ4v) is 1.83. The molecule has 0 fully saturated rings. The molecule has 1 aromatic rings. The summed E-state index contributed by atoms with van der Waals surface area (Å²) in [6.07, 6.45) is -1.38. The third-order valence-electron chi connectivity index (χ3n) is 2.75. The number of amides is 1. The van der Waals surface area contributed by atoms with Crippen LogP contribution in [0.4, 0.5) is 4.79 Å². The van der Waals surface area contributed by atoms with Crippen molar-refractivity contribution < 1.29 is 24.2 Å². The lowest BCUT2D eigenvalue weighted by atomic mass is 10.1. The van der Waals surface area contributed by atoms with E-state index in [-0.39, 0.29) is 0 Å². The van der Waals surface area contributed by atoms with Crippen molar-refractivity contribution in [2.45, 2.75) is 45.0 Å². The Hall–Kier alpha value is -2.41. The van der Waals surface area contributed by atoms with Crippen molar-refractivity contribution in [3.63, 3.8) is 0 Å². The molecule has 0 heterocycles. The number of hydrogen-bond donors (Lipinski definition) is 3. The molecule has 126 valence electrons. The number of benzene rings is 1. The normalized spacial score (nSPS) is 13.7. The summed E-state index contributed by atoms with van der Waals surface area (Å²) in [6.45, 7) is 5.00. The van der Waals surface area contributed by atoms with Crippen LogP contribution in [0.1, 0.15) is 26.3 Å². The van der Waals surface area contributed by atoms with Crippen molar-refractivity contribution in [1.29, 1.82) is 0 Å². The lowest BCUT2D eigenvalue weighted by molar-refractivity contribution is -0.140. The Kier molecular flexibility index (Phi) is 6.71. The van der Waals surface area contributed by atoms with E-state index in [0.29, 0.717) is 12.7 Å². The highest BCUT2D eigenvalue weighted by molar-refractivity contribution is 5.80. The minimum Gasteiger partial charge on any atom is -0.479 e. The zero-order valence-corrected chi connectivity index (χ0v) is 13.4. The lowest BCUT2D eigenvalue weighted by Crippen LogP contribution is -2.55. The van der Waals surface area contributed by atoms with Crippen LogP contribution in [0.3, 0.4) is 0 Å². The molecule has 7 heteroatoms. The molecule has 23 heavy (non-hydrogen) atoms. The maximum Gasteiger partial charge on any atom is 0.409 e. The van der Waals surface area contributed by atoms with E-state index in [4.69, 9.17) is 4.74 Å². The van der Waals surface area contributed by atoms with Crippen LogP contribution in [-0.4, -0.2) is 41.3 Å². The van der Waals surface area contributed by atoms with Gasteiger partial charge in [0.25, 0.3) is 0 Å². The SMILES string of the molecule is CC(C)(C)OC(=O)NC(N[C@H](C=O)Cc1ccccc1)C(=O)O. The standard InChI is InChI=1S/C16H22N2O5/c1-16(2,3)23-15(22)18-13(14(20)21)17-12(10-19)9-11-7-5-4-6-8-11/h4-8,10,12-13,17H,9H2,1-3H3,(H,18,22)(H,20,21)/t12-,13?/m0/s1. The topological polar surface area (TPSA) is 105 Å². The first kappa shape index (κ1) is 18.6. The second kappa shape index (κ2) is 8.28. The minimum atomic E-state index is -1.43. The molecule has 1 amide bonds. The Morgan fingerprint density at radius 2 is 1.87 bits per heavy atom. The van der Waals surface area contributed by atoms with E-state index >= 15 is 0 Å². The molecular weight excluding hydrogens is 300 g/mol. The smallest absolute Gasteiger partial charge is 0.409 e. The molecule has 7 nitrogen and oxygen atoms in total. The van der Waals surface area contributed by atoms with Gasteiger partial charge in [-0.15, -0.1) is 0 Å². The Labute approximate surface area is 135 Å². The Balaban J connectivity index is 2.68. The molecule has 0 saturated heterocycles. The van der Waals surface area contributed by atoms with Crippen LogP contribution in [0.5, 0.6) is 0 Å². The number of carboxylic acid groups (broad SMARTS) is 1. The van der Waals surface area contributed by atoms with E-state index in [0.717, 1.165) is 5.56 Å². The quantitative estimate of drug-likeness (QED) is 0.516. The van der Waals surface area contributed by atoms with Crippen molar-refractivity contribution >= 4 is 18.3 Å². The lowest BCUT2D eigenvalue weighted by Gasteiger charge is -2.24. The van der Waals surface area contributed by atoms with Gasteiger partial charge in [0, 0.05) is 0 Å². The van der Waals surface area contributed by atoms with Crippen LogP contribution in [0.2, 0.25) is 0 Å². The number of nitrogens with one attached hydrogen (secondary N) is 2. The van der Waals surface area contributed by atoms with Gasteiger partial charge in [0.05, 0.1) is 6.04 Å². The van der Waals surface area contributed by atoms with Gasteiger partial charge in [0.2, 0.25) is 0 Å². The molecule has 1 rings (SSSR count). The summed E-state index contributed by atoms with van der Waals surface area (Å²) in [5.74, 6) is -1.31. The van der Waals surface area contributed by atoms with Crippen LogP contribution in [0, 0.1) is 0 Å². The van der Waals surface area contributed by atoms with Crippen LogP contribution in [0.25, 0.3) is 0 Å². The van der Waals surface area contributed by atoms with Crippen molar-refractivity contribution in [3.05, 3.63) is 35.9 Å². The molecule has 0 aliphatic heterocycles. The Bertz CT molecular complexity index is 539. The number of carboxylic acids is 1. The van der Waals surface area contributed by atoms with Gasteiger partial charge in [-0.1, -0.05) is 30.3 Å². The molecule has 0 spiro atoms. The second-order valence-electron chi connectivity index (χ2n) is 6.02. The van der Waals surface area contributed by atoms with E-state index in [1.165, 1.54) is 0 Å². The highest BCUT2D eigenvalue weighted by Gasteiger charge is 2.26. The summed E-state index contributed by atoms with van der Waals surface area (Å²) in [6, 6.07) is 8.39. The van der Waals surface area contributed by atoms with Crippen LogP contribution >= 0.6 is 0 Å². The van der Waals surface area contributed by atoms with E-state index < -0.39 is 29.9 Å². The number of ether oxygens (including phenoxy) is 1. The van der Waals surface area contributed by atoms with Gasteiger partial charge in [-0.3, -0.25) is 10.6 Å². The summed E-state index contributed by atoms with van der Waals surface area (Å²) in [5, 5.41) is 14.0. The summed E-state index contributed by atoms with van der Waals surface area (Å²) in [5.41, 5.74) is 0.125. The Morgan fingerprint density at radius 3 is 2.35 bits per heavy atom. The van der Waals surface area contributed by atoms with Crippen LogP contribution < -0.4 is 10.6 Å². The number of aliphatic carboxylic acids is 1. The van der Waals surface area contributed by atoms with Gasteiger partial charge in [-0.05, 0) is 32.8 Å². The minimum absolute atomic E-state index is 0.310. The number of rotatable bonds is 7. The zero-order valence-electron chi connectivity index (χ0n) is 13.4. The molecule has 1 unspecified atom stereocenters. The molecule has 1 aromatic carbocycles. The van der Waals surface area contributed by atoms with Gasteiger partial charge < -0.3 is 14.6 Å². The van der Waals surface area contributed by atoms with E-state index in [2.05, 4.69) is 10.6 Å². The Morgan fingerprint density at radius 1 is 1.26 bits per heavy atom. The highest BCUT2D eigenvalue weighted by atomic mass is 16.6. The highest BCUT2D eigenvalue weighted by Crippen LogP contribution is 2.07. The summed E-state index contributed by atoms with van der Waals surface area (Å²) in [4.78, 5) is 34.1. The van der Waals surface area contributed by atoms with E-state index in [1.807, 2.05) is 30.3 Å². The number of aldehydes is 1. The average Bonchev–Trinajstić information content (AvgIpc) is 2.44. The molecule has 0 saturated carbocycles. The molecule has 0 aliphatic carbocycles. The zero-order chi connectivity index (χ0) is 17.5. The molecule has 3 N–H and O–H groups in total. The summed E-state index contributed by atoms with van der Waals surface area (Å²) >= 11 is 0. The molecule has 0 bridgehead atoms. The monoisotopic (exact) mass is 322 g/mol. The fourth-order valence-electron chi connectivity index (χ4n) is 1.83. The second-order valence-corrected chi connectivity index (χ2v) is 6.02. The molecule has 2 atom stereocenters. The average molecular weight is 322 g/mol. The maximum absolute atomic E-state index is 11.7. The number of carbonyl (C=O) groups is 3. The molecular formula is C16H22N2O5. The van der Waals surface area contributed by atoms with Crippen molar-refractivity contribution in [1.82, 2.24) is 10.6 Å². The predicted molar refractivity (Wildman–Crippen MR) is 83.9 cm³/mol. The summed E-state index contributed by atoms with van der Waals surface area (Å²) < 4.78 is 5.01. The van der Waals surface area contributed by atoms with Crippen molar-refractivity contribution in [3.8, 4) is 0 Å². The van der Waals surface area contributed by atoms with Gasteiger partial charge in [0.15, 0.2) is 6.17 Å². The first-order chi connectivity index (χ1) is 10.7. The molecule has 0 aromatic heterocycles. The third kappa shape index (κ3) is 7.42. The van der Waals surface area contributed by atoms with Gasteiger partial charge >= 0.3 is 12.1 Å². The van der Waals surface area contributed by atoms with Crippen LogP contribution in [0.15, 0.2) is 30.3 Å². The third-order valence-corrected chi connectivity index (χ3v) is 2.75. The summed E-state index contributed by atoms with van der Waals surface area (Å²) in [7, 11) is 0. The maximum atomic E-state index is 11.7. The largest absolute Gasteiger partial charge is 0.479 e.